The van der Waals surface area contributed by atoms with E-state index in [1.54, 1.807) is 6.07 Å². The van der Waals surface area contributed by atoms with Gasteiger partial charge in [0.25, 0.3) is 0 Å². The van der Waals surface area contributed by atoms with Gasteiger partial charge in [0.2, 0.25) is 0 Å². The van der Waals surface area contributed by atoms with Crippen LogP contribution in [0.1, 0.15) is 35.2 Å². The van der Waals surface area contributed by atoms with Crippen molar-refractivity contribution < 1.29 is 9.53 Å². The molecule has 0 saturated carbocycles. The number of ether oxygens (including phenoxy) is 1. The fraction of sp³-hybridized carbons (Fsp3) is 0.235. The summed E-state index contributed by atoms with van der Waals surface area (Å²) in [5.41, 5.74) is 1.92. The third-order valence-corrected chi connectivity index (χ3v) is 3.22. The van der Waals surface area contributed by atoms with E-state index in [9.17, 15) is 4.79 Å². The van der Waals surface area contributed by atoms with Crippen LogP contribution in [0, 0.1) is 0 Å². The van der Waals surface area contributed by atoms with Gasteiger partial charge in [0.05, 0.1) is 12.2 Å². The quantitative estimate of drug-likeness (QED) is 0.726. The van der Waals surface area contributed by atoms with Crippen LogP contribution in [0.3, 0.4) is 0 Å². The standard InChI is InChI=1S/C17H18O2/c1-14(15-7-3-2-4-8-15)11-12-19-17-10-6-5-9-16(17)13-18/h2-10,13-14H,11-12H2,1H3. The molecule has 0 saturated heterocycles. The monoisotopic (exact) mass is 254 g/mol. The first-order valence-electron chi connectivity index (χ1n) is 6.53. The highest BCUT2D eigenvalue weighted by Gasteiger charge is 2.06. The molecule has 19 heavy (non-hydrogen) atoms. The van der Waals surface area contributed by atoms with Crippen LogP contribution >= 0.6 is 0 Å². The topological polar surface area (TPSA) is 26.3 Å². The van der Waals surface area contributed by atoms with Crippen LogP contribution in [0.25, 0.3) is 0 Å². The van der Waals surface area contributed by atoms with Crippen LogP contribution in [0.5, 0.6) is 5.75 Å². The average Bonchev–Trinajstić information content (AvgIpc) is 2.48. The van der Waals surface area contributed by atoms with Crippen LogP contribution in [0.4, 0.5) is 0 Å². The Kier molecular flexibility index (Phi) is 4.73. The summed E-state index contributed by atoms with van der Waals surface area (Å²) in [7, 11) is 0. The molecule has 2 nitrogen and oxygen atoms in total. The number of hydrogen-bond donors (Lipinski definition) is 0. The van der Waals surface area contributed by atoms with Gasteiger partial charge in [-0.05, 0) is 30.0 Å². The van der Waals surface area contributed by atoms with E-state index in [-0.39, 0.29) is 0 Å². The van der Waals surface area contributed by atoms with Crippen molar-refractivity contribution in [3.63, 3.8) is 0 Å². The first-order valence-corrected chi connectivity index (χ1v) is 6.53. The minimum atomic E-state index is 0.449. The lowest BCUT2D eigenvalue weighted by atomic mass is 9.98. The molecule has 0 aliphatic rings. The summed E-state index contributed by atoms with van der Waals surface area (Å²) in [4.78, 5) is 10.9. The number of aldehydes is 1. The second-order valence-corrected chi connectivity index (χ2v) is 4.60. The summed E-state index contributed by atoms with van der Waals surface area (Å²) >= 11 is 0. The molecule has 1 atom stereocenters. The molecule has 0 N–H and O–H groups in total. The van der Waals surface area contributed by atoms with E-state index < -0.39 is 0 Å². The number of para-hydroxylation sites is 1. The Morgan fingerprint density at radius 2 is 1.74 bits per heavy atom. The molecule has 0 aromatic heterocycles. The van der Waals surface area contributed by atoms with E-state index in [0.717, 1.165) is 12.7 Å². The first kappa shape index (κ1) is 13.3. The normalized spacial score (nSPS) is 11.8. The molecule has 0 aliphatic carbocycles. The largest absolute Gasteiger partial charge is 0.493 e. The van der Waals surface area contributed by atoms with Gasteiger partial charge in [-0.25, -0.2) is 0 Å². The van der Waals surface area contributed by atoms with E-state index in [1.165, 1.54) is 5.56 Å². The van der Waals surface area contributed by atoms with Crippen molar-refractivity contribution in [2.75, 3.05) is 6.61 Å². The molecule has 2 heteroatoms. The highest BCUT2D eigenvalue weighted by Crippen LogP contribution is 2.20. The summed E-state index contributed by atoms with van der Waals surface area (Å²) < 4.78 is 5.69. The van der Waals surface area contributed by atoms with Crippen molar-refractivity contribution in [2.24, 2.45) is 0 Å². The Bertz CT molecular complexity index is 520. The maximum atomic E-state index is 10.9. The van der Waals surface area contributed by atoms with Crippen LogP contribution in [-0.4, -0.2) is 12.9 Å². The molecule has 2 rings (SSSR count). The molecule has 2 aromatic rings. The molecular weight excluding hydrogens is 236 g/mol. The highest BCUT2D eigenvalue weighted by molar-refractivity contribution is 5.79. The van der Waals surface area contributed by atoms with Crippen molar-refractivity contribution >= 4 is 6.29 Å². The number of rotatable bonds is 6. The lowest BCUT2D eigenvalue weighted by Gasteiger charge is -2.13. The van der Waals surface area contributed by atoms with Gasteiger partial charge in [0, 0.05) is 0 Å². The third kappa shape index (κ3) is 3.68. The molecule has 0 aliphatic heterocycles. The zero-order valence-electron chi connectivity index (χ0n) is 11.1. The zero-order chi connectivity index (χ0) is 13.5. The number of hydrogen-bond acceptors (Lipinski definition) is 2. The van der Waals surface area contributed by atoms with E-state index in [2.05, 4.69) is 19.1 Å². The lowest BCUT2D eigenvalue weighted by Crippen LogP contribution is -2.04. The molecule has 0 heterocycles. The second-order valence-electron chi connectivity index (χ2n) is 4.60. The van der Waals surface area contributed by atoms with Crippen LogP contribution < -0.4 is 4.74 Å². The summed E-state index contributed by atoms with van der Waals surface area (Å²) in [5.74, 6) is 1.11. The Labute approximate surface area is 114 Å². The lowest BCUT2D eigenvalue weighted by molar-refractivity contribution is 0.111. The average molecular weight is 254 g/mol. The first-order chi connectivity index (χ1) is 9.31. The number of carbonyl (C=O) groups is 1. The van der Waals surface area contributed by atoms with Crippen molar-refractivity contribution in [3.05, 3.63) is 65.7 Å². The minimum absolute atomic E-state index is 0.449. The van der Waals surface area contributed by atoms with E-state index >= 15 is 0 Å². The molecule has 1 unspecified atom stereocenters. The fourth-order valence-corrected chi connectivity index (χ4v) is 2.00. The van der Waals surface area contributed by atoms with Crippen molar-refractivity contribution in [1.82, 2.24) is 0 Å². The molecule has 0 amide bonds. The van der Waals surface area contributed by atoms with Crippen molar-refractivity contribution in [3.8, 4) is 5.75 Å². The maximum absolute atomic E-state index is 10.9. The van der Waals surface area contributed by atoms with Crippen LogP contribution in [0.15, 0.2) is 54.6 Å². The van der Waals surface area contributed by atoms with E-state index in [1.807, 2.05) is 36.4 Å². The Balaban J connectivity index is 1.88. The van der Waals surface area contributed by atoms with Crippen molar-refractivity contribution in [1.29, 1.82) is 0 Å². The number of carbonyl (C=O) groups excluding carboxylic acids is 1. The third-order valence-electron chi connectivity index (χ3n) is 3.22. The fourth-order valence-electron chi connectivity index (χ4n) is 2.00. The van der Waals surface area contributed by atoms with Gasteiger partial charge >= 0.3 is 0 Å². The molecular formula is C17H18O2. The summed E-state index contributed by atoms with van der Waals surface area (Å²) in [5, 5.41) is 0. The van der Waals surface area contributed by atoms with Gasteiger partial charge in [0.15, 0.2) is 6.29 Å². The molecule has 2 aromatic carbocycles. The zero-order valence-corrected chi connectivity index (χ0v) is 11.1. The van der Waals surface area contributed by atoms with Crippen LogP contribution in [-0.2, 0) is 0 Å². The Morgan fingerprint density at radius 1 is 1.05 bits per heavy atom. The summed E-state index contributed by atoms with van der Waals surface area (Å²) in [6, 6.07) is 17.7. The summed E-state index contributed by atoms with van der Waals surface area (Å²) in [6.07, 6.45) is 1.76. The maximum Gasteiger partial charge on any atom is 0.153 e. The van der Waals surface area contributed by atoms with Gasteiger partial charge in [-0.1, -0.05) is 49.4 Å². The predicted molar refractivity (Wildman–Crippen MR) is 76.8 cm³/mol. The number of benzene rings is 2. The van der Waals surface area contributed by atoms with Gasteiger partial charge in [-0.15, -0.1) is 0 Å². The minimum Gasteiger partial charge on any atom is -0.493 e. The molecule has 0 bridgehead atoms. The predicted octanol–water partition coefficient (Wildman–Crippen LogP) is 4.07. The van der Waals surface area contributed by atoms with Crippen LogP contribution in [0.2, 0.25) is 0 Å². The van der Waals surface area contributed by atoms with Crippen molar-refractivity contribution in [2.45, 2.75) is 19.3 Å². The van der Waals surface area contributed by atoms with E-state index in [4.69, 9.17) is 4.74 Å². The van der Waals surface area contributed by atoms with Gasteiger partial charge in [-0.3, -0.25) is 4.79 Å². The SMILES string of the molecule is CC(CCOc1ccccc1C=O)c1ccccc1. The van der Waals surface area contributed by atoms with E-state index in [0.29, 0.717) is 23.8 Å². The molecule has 0 spiro atoms. The Hall–Kier alpha value is -2.09. The van der Waals surface area contributed by atoms with Gasteiger partial charge in [0.1, 0.15) is 5.75 Å². The molecule has 98 valence electrons. The summed E-state index contributed by atoms with van der Waals surface area (Å²) in [6.45, 7) is 2.80. The molecule has 0 radical (unpaired) electrons. The molecule has 0 fully saturated rings. The van der Waals surface area contributed by atoms with Gasteiger partial charge < -0.3 is 4.74 Å². The van der Waals surface area contributed by atoms with Gasteiger partial charge in [-0.2, -0.15) is 0 Å². The highest BCUT2D eigenvalue weighted by atomic mass is 16.5. The second kappa shape index (κ2) is 6.74. The Morgan fingerprint density at radius 3 is 2.47 bits per heavy atom. The smallest absolute Gasteiger partial charge is 0.153 e.